The number of ether oxygens (including phenoxy) is 1. The first kappa shape index (κ1) is 11.5. The maximum atomic E-state index is 12.7. The summed E-state index contributed by atoms with van der Waals surface area (Å²) < 4.78 is 51.2. The molecule has 0 aromatic carbocycles. The molecule has 2 nitrogen and oxygen atoms in total. The van der Waals surface area contributed by atoms with Gasteiger partial charge in [0, 0.05) is 0 Å². The van der Waals surface area contributed by atoms with Crippen LogP contribution in [-0.2, 0) is 0 Å². The molecule has 0 saturated heterocycles. The van der Waals surface area contributed by atoms with Crippen LogP contribution in [0.2, 0.25) is 5.02 Å². The molecule has 0 aliphatic rings. The molecule has 0 fully saturated rings. The van der Waals surface area contributed by atoms with Crippen LogP contribution >= 0.6 is 27.5 Å². The third-order valence-corrected chi connectivity index (χ3v) is 2.02. The van der Waals surface area contributed by atoms with Crippen molar-refractivity contribution in [3.8, 4) is 5.75 Å². The van der Waals surface area contributed by atoms with Crippen LogP contribution in [0.15, 0.2) is 10.8 Å². The first-order chi connectivity index (χ1) is 6.31. The molecule has 0 bridgehead atoms. The van der Waals surface area contributed by atoms with E-state index in [0.717, 1.165) is 0 Å². The van der Waals surface area contributed by atoms with Gasteiger partial charge in [-0.15, -0.1) is 13.2 Å². The summed E-state index contributed by atoms with van der Waals surface area (Å²) in [6.45, 7) is 0. The van der Waals surface area contributed by atoms with Crippen molar-refractivity contribution < 1.29 is 22.3 Å². The summed E-state index contributed by atoms with van der Waals surface area (Å²) in [7, 11) is 0. The van der Waals surface area contributed by atoms with Crippen molar-refractivity contribution in [1.29, 1.82) is 0 Å². The fourth-order valence-corrected chi connectivity index (χ4v) is 1.30. The van der Waals surface area contributed by atoms with Crippen LogP contribution in [0, 0.1) is 5.82 Å². The van der Waals surface area contributed by atoms with Gasteiger partial charge in [-0.05, 0) is 15.9 Å². The lowest BCUT2D eigenvalue weighted by Gasteiger charge is -2.11. The predicted molar refractivity (Wildman–Crippen MR) is 43.6 cm³/mol. The summed E-state index contributed by atoms with van der Waals surface area (Å²) in [6, 6.07) is 0. The van der Waals surface area contributed by atoms with E-state index in [2.05, 4.69) is 25.7 Å². The van der Waals surface area contributed by atoms with Gasteiger partial charge in [-0.25, -0.2) is 9.37 Å². The number of aromatic nitrogens is 1. The van der Waals surface area contributed by atoms with E-state index in [-0.39, 0.29) is 4.60 Å². The number of pyridine rings is 1. The first-order valence-electron chi connectivity index (χ1n) is 3.06. The molecule has 0 N–H and O–H groups in total. The number of alkyl halides is 3. The Hall–Kier alpha value is -0.560. The summed E-state index contributed by atoms with van der Waals surface area (Å²) in [5, 5.41) is -0.774. The molecule has 0 aliphatic heterocycles. The Balaban J connectivity index is 3.13. The standard InChI is InChI=1S/C6HBrClF4NO/c7-5-4(14-6(10,11)12)3(8)2(9)1-13-5/h1H. The lowest BCUT2D eigenvalue weighted by Crippen LogP contribution is -2.18. The molecule has 0 atom stereocenters. The summed E-state index contributed by atoms with van der Waals surface area (Å²) in [5.74, 6) is -1.98. The Morgan fingerprint density at radius 2 is 2.00 bits per heavy atom. The van der Waals surface area contributed by atoms with Crippen LogP contribution in [0.25, 0.3) is 0 Å². The quantitative estimate of drug-likeness (QED) is 0.584. The lowest BCUT2D eigenvalue weighted by atomic mass is 10.4. The summed E-state index contributed by atoms with van der Waals surface area (Å²) in [6.07, 6.45) is -4.27. The minimum absolute atomic E-state index is 0.318. The second-order valence-corrected chi connectivity index (χ2v) is 3.22. The van der Waals surface area contributed by atoms with Gasteiger partial charge >= 0.3 is 6.36 Å². The van der Waals surface area contributed by atoms with Crippen molar-refractivity contribution in [3.05, 3.63) is 21.6 Å². The SMILES string of the molecule is Fc1cnc(Br)c(OC(F)(F)F)c1Cl. The van der Waals surface area contributed by atoms with Gasteiger partial charge in [0.1, 0.15) is 9.63 Å². The molecule has 0 unspecified atom stereocenters. The normalized spacial score (nSPS) is 11.6. The Morgan fingerprint density at radius 1 is 1.43 bits per heavy atom. The fourth-order valence-electron chi connectivity index (χ4n) is 0.630. The zero-order valence-corrected chi connectivity index (χ0v) is 8.54. The lowest BCUT2D eigenvalue weighted by molar-refractivity contribution is -0.275. The number of rotatable bonds is 1. The number of nitrogens with zero attached hydrogens (tertiary/aromatic N) is 1. The van der Waals surface area contributed by atoms with E-state index in [1.165, 1.54) is 0 Å². The van der Waals surface area contributed by atoms with Gasteiger partial charge in [0.15, 0.2) is 11.6 Å². The molecular formula is C6HBrClF4NO. The maximum absolute atomic E-state index is 12.7. The zero-order chi connectivity index (χ0) is 10.9. The molecule has 78 valence electrons. The number of hydrogen-bond acceptors (Lipinski definition) is 2. The van der Waals surface area contributed by atoms with Gasteiger partial charge in [-0.1, -0.05) is 11.6 Å². The van der Waals surface area contributed by atoms with Crippen molar-refractivity contribution in [2.75, 3.05) is 0 Å². The van der Waals surface area contributed by atoms with E-state index in [1.807, 2.05) is 0 Å². The van der Waals surface area contributed by atoms with Crippen LogP contribution in [0.3, 0.4) is 0 Å². The molecule has 0 spiro atoms. The van der Waals surface area contributed by atoms with Crippen molar-refractivity contribution in [3.63, 3.8) is 0 Å². The molecule has 0 radical (unpaired) electrons. The van der Waals surface area contributed by atoms with E-state index in [9.17, 15) is 17.6 Å². The highest BCUT2D eigenvalue weighted by atomic mass is 79.9. The summed E-state index contributed by atoms with van der Waals surface area (Å²) in [5.41, 5.74) is 0. The third kappa shape index (κ3) is 2.71. The summed E-state index contributed by atoms with van der Waals surface area (Å²) in [4.78, 5) is 3.26. The molecule has 1 heterocycles. The van der Waals surface area contributed by atoms with Crippen molar-refractivity contribution >= 4 is 27.5 Å². The largest absolute Gasteiger partial charge is 0.573 e. The Morgan fingerprint density at radius 3 is 2.50 bits per heavy atom. The smallest absolute Gasteiger partial charge is 0.401 e. The molecule has 0 saturated carbocycles. The van der Waals surface area contributed by atoms with E-state index in [1.54, 1.807) is 0 Å². The first-order valence-corrected chi connectivity index (χ1v) is 4.23. The highest BCUT2D eigenvalue weighted by molar-refractivity contribution is 9.10. The minimum Gasteiger partial charge on any atom is -0.401 e. The van der Waals surface area contributed by atoms with E-state index < -0.39 is 23.0 Å². The highest BCUT2D eigenvalue weighted by Gasteiger charge is 2.34. The van der Waals surface area contributed by atoms with Crippen molar-refractivity contribution in [1.82, 2.24) is 4.98 Å². The molecular weight excluding hydrogens is 293 g/mol. The number of halogens is 6. The third-order valence-electron chi connectivity index (χ3n) is 1.11. The van der Waals surface area contributed by atoms with Crippen LogP contribution in [-0.4, -0.2) is 11.3 Å². The summed E-state index contributed by atoms with van der Waals surface area (Å²) >= 11 is 7.88. The monoisotopic (exact) mass is 293 g/mol. The molecule has 1 rings (SSSR count). The molecule has 0 amide bonds. The Labute approximate surface area is 89.0 Å². The molecule has 1 aromatic heterocycles. The second-order valence-electron chi connectivity index (χ2n) is 2.09. The fraction of sp³-hybridized carbons (Fsp3) is 0.167. The molecule has 0 aliphatic carbocycles. The van der Waals surface area contributed by atoms with Crippen LogP contribution in [0.5, 0.6) is 5.75 Å². The van der Waals surface area contributed by atoms with E-state index >= 15 is 0 Å². The van der Waals surface area contributed by atoms with Crippen molar-refractivity contribution in [2.45, 2.75) is 6.36 Å². The van der Waals surface area contributed by atoms with Gasteiger partial charge in [0.05, 0.1) is 6.20 Å². The maximum Gasteiger partial charge on any atom is 0.573 e. The Kier molecular flexibility index (Phi) is 3.20. The average Bonchev–Trinajstić information content (AvgIpc) is 2.04. The van der Waals surface area contributed by atoms with Gasteiger partial charge in [-0.2, -0.15) is 0 Å². The number of hydrogen-bond donors (Lipinski definition) is 0. The highest BCUT2D eigenvalue weighted by Crippen LogP contribution is 2.36. The van der Waals surface area contributed by atoms with Gasteiger partial charge < -0.3 is 4.74 Å². The molecule has 14 heavy (non-hydrogen) atoms. The Bertz CT molecular complexity index is 356. The van der Waals surface area contributed by atoms with E-state index in [0.29, 0.717) is 6.20 Å². The van der Waals surface area contributed by atoms with Gasteiger partial charge in [-0.3, -0.25) is 0 Å². The molecule has 8 heteroatoms. The van der Waals surface area contributed by atoms with Crippen molar-refractivity contribution in [2.24, 2.45) is 0 Å². The average molecular weight is 294 g/mol. The predicted octanol–water partition coefficient (Wildman–Crippen LogP) is 3.54. The second kappa shape index (κ2) is 3.90. The van der Waals surface area contributed by atoms with Crippen LogP contribution in [0.1, 0.15) is 0 Å². The van der Waals surface area contributed by atoms with Crippen LogP contribution in [0.4, 0.5) is 17.6 Å². The zero-order valence-electron chi connectivity index (χ0n) is 6.20. The molecule has 1 aromatic rings. The minimum atomic E-state index is -4.94. The van der Waals surface area contributed by atoms with Crippen LogP contribution < -0.4 is 4.74 Å². The van der Waals surface area contributed by atoms with E-state index in [4.69, 9.17) is 11.6 Å². The van der Waals surface area contributed by atoms with Gasteiger partial charge in [0.2, 0.25) is 0 Å². The van der Waals surface area contributed by atoms with Gasteiger partial charge in [0.25, 0.3) is 0 Å². The topological polar surface area (TPSA) is 22.1 Å².